The Hall–Kier alpha value is -2.83. The van der Waals surface area contributed by atoms with Crippen LogP contribution in [0, 0.1) is 40.1 Å². The van der Waals surface area contributed by atoms with Crippen LogP contribution in [0.2, 0.25) is 0 Å². The molecule has 0 saturated carbocycles. The van der Waals surface area contributed by atoms with Gasteiger partial charge in [-0.15, -0.1) is 0 Å². The third-order valence-corrected chi connectivity index (χ3v) is 2.32. The topological polar surface area (TPSA) is 71.4 Å². The Labute approximate surface area is 92.4 Å². The molecule has 0 aliphatic rings. The van der Waals surface area contributed by atoms with Gasteiger partial charge in [-0.1, -0.05) is 12.1 Å². The van der Waals surface area contributed by atoms with E-state index in [1.807, 2.05) is 18.2 Å². The monoisotopic (exact) mass is 202 g/mol. The molecule has 1 radical (unpaired) electrons. The van der Waals surface area contributed by atoms with E-state index in [0.717, 1.165) is 0 Å². The van der Waals surface area contributed by atoms with Crippen LogP contribution in [0.4, 0.5) is 0 Å². The lowest BCUT2D eigenvalue weighted by molar-refractivity contribution is 1.44. The molecule has 3 heteroatoms. The summed E-state index contributed by atoms with van der Waals surface area (Å²) >= 11 is 0. The fraction of sp³-hybridized carbons (Fsp3) is 0. The lowest BCUT2D eigenvalue weighted by atomic mass is 9.97. The molecule has 0 aliphatic carbocycles. The van der Waals surface area contributed by atoms with E-state index < -0.39 is 0 Å². The van der Waals surface area contributed by atoms with Crippen LogP contribution in [-0.2, 0) is 0 Å². The van der Waals surface area contributed by atoms with Gasteiger partial charge in [-0.05, 0) is 23.6 Å². The second-order valence-corrected chi connectivity index (χ2v) is 3.14. The molecule has 2 aromatic rings. The van der Waals surface area contributed by atoms with Crippen LogP contribution in [0.5, 0.6) is 0 Å². The van der Waals surface area contributed by atoms with Crippen molar-refractivity contribution in [1.82, 2.24) is 0 Å². The van der Waals surface area contributed by atoms with Gasteiger partial charge in [0.1, 0.15) is 12.1 Å². The minimum atomic E-state index is 0.244. The van der Waals surface area contributed by atoms with E-state index in [1.54, 1.807) is 24.3 Å². The van der Waals surface area contributed by atoms with E-state index in [4.69, 9.17) is 15.8 Å². The summed E-state index contributed by atoms with van der Waals surface area (Å²) in [6, 6.07) is 15.3. The molecule has 0 unspecified atom stereocenters. The zero-order valence-electron chi connectivity index (χ0n) is 8.15. The van der Waals surface area contributed by atoms with Crippen molar-refractivity contribution >= 4 is 10.8 Å². The molecule has 0 aromatic heterocycles. The fourth-order valence-electron chi connectivity index (χ4n) is 1.60. The molecule has 71 valence electrons. The largest absolute Gasteiger partial charge is 0.192 e. The Bertz CT molecular complexity index is 694. The summed E-state index contributed by atoms with van der Waals surface area (Å²) in [5.41, 5.74) is 0.918. The molecule has 2 aromatic carbocycles. The van der Waals surface area contributed by atoms with E-state index in [0.29, 0.717) is 16.3 Å². The fourth-order valence-corrected chi connectivity index (χ4v) is 1.60. The molecule has 0 N–H and O–H groups in total. The van der Waals surface area contributed by atoms with Crippen molar-refractivity contribution in [2.45, 2.75) is 0 Å². The maximum atomic E-state index is 9.04. The van der Waals surface area contributed by atoms with Crippen LogP contribution in [0.25, 0.3) is 10.8 Å². The molecule has 0 bridgehead atoms. The standard InChI is InChI=1S/C13H4N3/c14-6-10-5-4-9-2-1-3-11(7-15)13(9)12(10)8-16/h1,3-5H. The third-order valence-electron chi connectivity index (χ3n) is 2.32. The minimum absolute atomic E-state index is 0.244. The smallest absolute Gasteiger partial charge is 0.101 e. The van der Waals surface area contributed by atoms with Crippen molar-refractivity contribution in [2.75, 3.05) is 0 Å². The number of benzene rings is 2. The number of rotatable bonds is 0. The Morgan fingerprint density at radius 3 is 2.25 bits per heavy atom. The second kappa shape index (κ2) is 3.73. The highest BCUT2D eigenvalue weighted by Gasteiger charge is 2.10. The molecule has 0 aliphatic heterocycles. The van der Waals surface area contributed by atoms with Crippen molar-refractivity contribution < 1.29 is 0 Å². The first-order valence-corrected chi connectivity index (χ1v) is 4.49. The molecule has 0 saturated heterocycles. The summed E-state index contributed by atoms with van der Waals surface area (Å²) in [6.07, 6.45) is 0. The van der Waals surface area contributed by atoms with Gasteiger partial charge in [0.25, 0.3) is 0 Å². The second-order valence-electron chi connectivity index (χ2n) is 3.14. The van der Waals surface area contributed by atoms with E-state index in [2.05, 4.69) is 6.07 Å². The van der Waals surface area contributed by atoms with Crippen LogP contribution in [-0.4, -0.2) is 0 Å². The molecule has 0 atom stereocenters. The van der Waals surface area contributed by atoms with E-state index in [1.165, 1.54) is 0 Å². The molecule has 3 nitrogen and oxygen atoms in total. The van der Waals surface area contributed by atoms with Crippen LogP contribution in [0.1, 0.15) is 16.7 Å². The maximum Gasteiger partial charge on any atom is 0.101 e. The summed E-state index contributed by atoms with van der Waals surface area (Å²) < 4.78 is 0. The van der Waals surface area contributed by atoms with Gasteiger partial charge in [0.15, 0.2) is 0 Å². The predicted octanol–water partition coefficient (Wildman–Crippen LogP) is 2.26. The van der Waals surface area contributed by atoms with Crippen molar-refractivity contribution in [3.63, 3.8) is 0 Å². The first-order valence-electron chi connectivity index (χ1n) is 4.49. The Kier molecular flexibility index (Phi) is 2.27. The summed E-state index contributed by atoms with van der Waals surface area (Å²) in [5, 5.41) is 28.1. The summed E-state index contributed by atoms with van der Waals surface area (Å²) in [6.45, 7) is 0. The number of hydrogen-bond acceptors (Lipinski definition) is 3. The quantitative estimate of drug-likeness (QED) is 0.657. The molecule has 0 spiro atoms. The summed E-state index contributed by atoms with van der Waals surface area (Å²) in [7, 11) is 0. The van der Waals surface area contributed by atoms with E-state index in [9.17, 15) is 0 Å². The third kappa shape index (κ3) is 1.27. The van der Waals surface area contributed by atoms with E-state index in [-0.39, 0.29) is 11.1 Å². The number of nitriles is 3. The maximum absolute atomic E-state index is 9.04. The minimum Gasteiger partial charge on any atom is -0.192 e. The molecular formula is C13H4N3. The van der Waals surface area contributed by atoms with Gasteiger partial charge in [-0.3, -0.25) is 0 Å². The Morgan fingerprint density at radius 1 is 0.875 bits per heavy atom. The van der Waals surface area contributed by atoms with Gasteiger partial charge in [0.2, 0.25) is 0 Å². The normalized spacial score (nSPS) is 9.06. The van der Waals surface area contributed by atoms with Gasteiger partial charge in [-0.25, -0.2) is 0 Å². The Morgan fingerprint density at radius 2 is 1.62 bits per heavy atom. The predicted molar refractivity (Wildman–Crippen MR) is 56.9 cm³/mol. The molecule has 0 heterocycles. The lowest BCUT2D eigenvalue weighted by Gasteiger charge is -2.02. The van der Waals surface area contributed by atoms with Gasteiger partial charge in [0.05, 0.1) is 22.8 Å². The zero-order chi connectivity index (χ0) is 11.5. The molecule has 0 amide bonds. The molecular weight excluding hydrogens is 198 g/mol. The van der Waals surface area contributed by atoms with Gasteiger partial charge in [-0.2, -0.15) is 15.8 Å². The Balaban J connectivity index is 3.05. The van der Waals surface area contributed by atoms with Crippen LogP contribution >= 0.6 is 0 Å². The highest BCUT2D eigenvalue weighted by atomic mass is 14.3. The highest BCUT2D eigenvalue weighted by Crippen LogP contribution is 2.24. The first kappa shape index (κ1) is 9.71. The van der Waals surface area contributed by atoms with Crippen molar-refractivity contribution in [1.29, 1.82) is 15.8 Å². The van der Waals surface area contributed by atoms with Crippen LogP contribution in [0.3, 0.4) is 0 Å². The van der Waals surface area contributed by atoms with Crippen LogP contribution < -0.4 is 0 Å². The van der Waals surface area contributed by atoms with E-state index >= 15 is 0 Å². The average Bonchev–Trinajstić information content (AvgIpc) is 2.36. The van der Waals surface area contributed by atoms with Crippen molar-refractivity contribution in [3.05, 3.63) is 47.0 Å². The summed E-state index contributed by atoms with van der Waals surface area (Å²) in [4.78, 5) is 0. The van der Waals surface area contributed by atoms with Gasteiger partial charge in [0, 0.05) is 5.39 Å². The number of hydrogen-bond donors (Lipinski definition) is 0. The van der Waals surface area contributed by atoms with Crippen molar-refractivity contribution in [3.8, 4) is 18.2 Å². The zero-order valence-corrected chi connectivity index (χ0v) is 8.15. The van der Waals surface area contributed by atoms with Crippen molar-refractivity contribution in [2.24, 2.45) is 0 Å². The molecule has 0 fully saturated rings. The van der Waals surface area contributed by atoms with Gasteiger partial charge < -0.3 is 0 Å². The van der Waals surface area contributed by atoms with Gasteiger partial charge >= 0.3 is 0 Å². The average molecular weight is 202 g/mol. The number of nitrogens with zero attached hydrogens (tertiary/aromatic N) is 3. The molecule has 2 rings (SSSR count). The van der Waals surface area contributed by atoms with Crippen LogP contribution in [0.15, 0.2) is 24.3 Å². The number of fused-ring (bicyclic) bond motifs is 1. The molecule has 16 heavy (non-hydrogen) atoms. The highest BCUT2D eigenvalue weighted by molar-refractivity contribution is 5.94. The lowest BCUT2D eigenvalue weighted by Crippen LogP contribution is -1.89. The SMILES string of the molecule is N#Cc1ccc2[c]ccc(C#N)c2c1C#N. The summed E-state index contributed by atoms with van der Waals surface area (Å²) in [5.74, 6) is 0. The first-order chi connectivity index (χ1) is 7.81.